The highest BCUT2D eigenvalue weighted by atomic mass is 79.9. The number of benzene rings is 1. The Morgan fingerprint density at radius 2 is 2.15 bits per heavy atom. The molecule has 2 unspecified atom stereocenters. The van der Waals surface area contributed by atoms with E-state index in [2.05, 4.69) is 28.9 Å². The highest BCUT2D eigenvalue weighted by Crippen LogP contribution is 2.35. The fourth-order valence-electron chi connectivity index (χ4n) is 1.89. The third-order valence-corrected chi connectivity index (χ3v) is 5.14. The van der Waals surface area contributed by atoms with Gasteiger partial charge >= 0.3 is 0 Å². The van der Waals surface area contributed by atoms with Gasteiger partial charge in [-0.05, 0) is 53.0 Å². The maximum atomic E-state index is 6.22. The Kier molecular flexibility index (Phi) is 5.49. The Hall–Kier alpha value is -0.550. The molecule has 0 spiro atoms. The molecular weight excluding hydrogens is 358 g/mol. The molecule has 2 aromatic rings. The Morgan fingerprint density at radius 1 is 1.40 bits per heavy atom. The third kappa shape index (κ3) is 3.76. The van der Waals surface area contributed by atoms with Gasteiger partial charge in [0.05, 0.1) is 5.02 Å². The van der Waals surface area contributed by atoms with Crippen LogP contribution in [0.25, 0.3) is 0 Å². The van der Waals surface area contributed by atoms with Crippen molar-refractivity contribution in [2.75, 3.05) is 0 Å². The molecule has 20 heavy (non-hydrogen) atoms. The van der Waals surface area contributed by atoms with Crippen LogP contribution >= 0.6 is 38.9 Å². The second kappa shape index (κ2) is 6.94. The Balaban J connectivity index is 2.30. The molecule has 2 N–H and O–H groups in total. The van der Waals surface area contributed by atoms with E-state index in [-0.39, 0.29) is 12.1 Å². The van der Waals surface area contributed by atoms with Crippen LogP contribution in [0.1, 0.15) is 29.9 Å². The van der Waals surface area contributed by atoms with Crippen molar-refractivity contribution in [3.05, 3.63) is 49.6 Å². The van der Waals surface area contributed by atoms with Crippen LogP contribution in [0.15, 0.2) is 34.1 Å². The minimum Gasteiger partial charge on any atom is -0.482 e. The van der Waals surface area contributed by atoms with Gasteiger partial charge in [-0.3, -0.25) is 0 Å². The van der Waals surface area contributed by atoms with E-state index in [9.17, 15) is 0 Å². The van der Waals surface area contributed by atoms with E-state index < -0.39 is 0 Å². The van der Waals surface area contributed by atoms with Crippen LogP contribution in [-0.2, 0) is 0 Å². The standard InChI is InChI=1S/C15H17BrClNOS/c1-3-12(18)15(14-7-10(16)8-20-14)19-13-6-9(2)4-5-11(13)17/h4-8,12,15H,3,18H2,1-2H3. The van der Waals surface area contributed by atoms with Crippen LogP contribution in [-0.4, -0.2) is 6.04 Å². The summed E-state index contributed by atoms with van der Waals surface area (Å²) in [6.07, 6.45) is 0.652. The number of rotatable bonds is 5. The van der Waals surface area contributed by atoms with Crippen LogP contribution in [0.5, 0.6) is 5.75 Å². The van der Waals surface area contributed by atoms with Crippen LogP contribution in [0.2, 0.25) is 5.02 Å². The topological polar surface area (TPSA) is 35.2 Å². The fourth-order valence-corrected chi connectivity index (χ4v) is 3.60. The second-order valence-corrected chi connectivity index (χ2v) is 6.98. The summed E-state index contributed by atoms with van der Waals surface area (Å²) < 4.78 is 7.16. The van der Waals surface area contributed by atoms with Crippen molar-refractivity contribution in [3.63, 3.8) is 0 Å². The molecule has 1 aromatic carbocycles. The van der Waals surface area contributed by atoms with Gasteiger partial charge in [0, 0.05) is 20.8 Å². The summed E-state index contributed by atoms with van der Waals surface area (Å²) in [5, 5.41) is 2.64. The van der Waals surface area contributed by atoms with Gasteiger partial charge in [0.2, 0.25) is 0 Å². The number of hydrogen-bond acceptors (Lipinski definition) is 3. The lowest BCUT2D eigenvalue weighted by atomic mass is 10.1. The summed E-state index contributed by atoms with van der Waals surface area (Å²) in [7, 11) is 0. The first kappa shape index (κ1) is 15.8. The Labute approximate surface area is 137 Å². The summed E-state index contributed by atoms with van der Waals surface area (Å²) in [5.41, 5.74) is 7.33. The normalized spacial score (nSPS) is 14.1. The van der Waals surface area contributed by atoms with Gasteiger partial charge in [0.1, 0.15) is 11.9 Å². The van der Waals surface area contributed by atoms with E-state index in [0.717, 1.165) is 21.3 Å². The molecular formula is C15H17BrClNOS. The van der Waals surface area contributed by atoms with E-state index >= 15 is 0 Å². The lowest BCUT2D eigenvalue weighted by Gasteiger charge is -2.24. The van der Waals surface area contributed by atoms with Crippen molar-refractivity contribution in [3.8, 4) is 5.75 Å². The lowest BCUT2D eigenvalue weighted by molar-refractivity contribution is 0.174. The summed E-state index contributed by atoms with van der Waals surface area (Å²) in [6.45, 7) is 4.07. The van der Waals surface area contributed by atoms with E-state index in [4.69, 9.17) is 22.1 Å². The van der Waals surface area contributed by atoms with Gasteiger partial charge < -0.3 is 10.5 Å². The van der Waals surface area contributed by atoms with Crippen molar-refractivity contribution < 1.29 is 4.74 Å². The highest BCUT2D eigenvalue weighted by Gasteiger charge is 2.23. The molecule has 1 aromatic heterocycles. The van der Waals surface area contributed by atoms with Gasteiger partial charge in [-0.1, -0.05) is 24.6 Å². The van der Waals surface area contributed by atoms with Gasteiger partial charge in [0.25, 0.3) is 0 Å². The molecule has 0 fully saturated rings. The Bertz CT molecular complexity index is 587. The lowest BCUT2D eigenvalue weighted by Crippen LogP contribution is -2.31. The number of thiophene rings is 1. The SMILES string of the molecule is CCC(N)C(Oc1cc(C)ccc1Cl)c1cc(Br)cs1. The average molecular weight is 375 g/mol. The molecule has 0 bridgehead atoms. The van der Waals surface area contributed by atoms with Crippen LogP contribution < -0.4 is 10.5 Å². The molecule has 0 saturated carbocycles. The maximum absolute atomic E-state index is 6.22. The molecule has 0 aliphatic carbocycles. The summed E-state index contributed by atoms with van der Waals surface area (Å²) in [4.78, 5) is 1.10. The molecule has 0 radical (unpaired) electrons. The smallest absolute Gasteiger partial charge is 0.148 e. The first-order valence-corrected chi connectivity index (χ1v) is 8.48. The minimum atomic E-state index is -0.185. The first-order valence-electron chi connectivity index (χ1n) is 6.43. The van der Waals surface area contributed by atoms with Crippen molar-refractivity contribution in [1.82, 2.24) is 0 Å². The van der Waals surface area contributed by atoms with Crippen LogP contribution in [0.3, 0.4) is 0 Å². The number of aryl methyl sites for hydroxylation is 1. The summed E-state index contributed by atoms with van der Waals surface area (Å²) in [5.74, 6) is 0.685. The molecule has 2 nitrogen and oxygen atoms in total. The van der Waals surface area contributed by atoms with Gasteiger partial charge in [-0.25, -0.2) is 0 Å². The largest absolute Gasteiger partial charge is 0.482 e. The molecule has 0 aliphatic heterocycles. The average Bonchev–Trinajstić information content (AvgIpc) is 2.85. The highest BCUT2D eigenvalue weighted by molar-refractivity contribution is 9.10. The zero-order valence-electron chi connectivity index (χ0n) is 11.4. The maximum Gasteiger partial charge on any atom is 0.148 e. The zero-order chi connectivity index (χ0) is 14.7. The van der Waals surface area contributed by atoms with E-state index in [1.165, 1.54) is 0 Å². The van der Waals surface area contributed by atoms with Crippen molar-refractivity contribution in [2.45, 2.75) is 32.4 Å². The number of hydrogen-bond donors (Lipinski definition) is 1. The molecule has 0 amide bonds. The molecule has 2 rings (SSSR count). The third-order valence-electron chi connectivity index (χ3n) is 3.07. The fraction of sp³-hybridized carbons (Fsp3) is 0.333. The molecule has 0 aliphatic rings. The number of ether oxygens (including phenoxy) is 1. The zero-order valence-corrected chi connectivity index (χ0v) is 14.6. The van der Waals surface area contributed by atoms with E-state index in [0.29, 0.717) is 10.8 Å². The van der Waals surface area contributed by atoms with E-state index in [1.54, 1.807) is 11.3 Å². The monoisotopic (exact) mass is 373 g/mol. The molecule has 108 valence electrons. The van der Waals surface area contributed by atoms with Crippen LogP contribution in [0.4, 0.5) is 0 Å². The van der Waals surface area contributed by atoms with Gasteiger partial charge in [-0.15, -0.1) is 11.3 Å². The summed E-state index contributed by atoms with van der Waals surface area (Å²) >= 11 is 11.3. The predicted molar refractivity (Wildman–Crippen MR) is 89.8 cm³/mol. The Morgan fingerprint density at radius 3 is 2.75 bits per heavy atom. The van der Waals surface area contributed by atoms with Gasteiger partial charge in [0.15, 0.2) is 0 Å². The van der Waals surface area contributed by atoms with Crippen molar-refractivity contribution >= 4 is 38.9 Å². The van der Waals surface area contributed by atoms with Crippen molar-refractivity contribution in [2.24, 2.45) is 5.73 Å². The molecule has 0 saturated heterocycles. The molecule has 1 heterocycles. The van der Waals surface area contributed by atoms with Crippen LogP contribution in [0, 0.1) is 6.92 Å². The van der Waals surface area contributed by atoms with Gasteiger partial charge in [-0.2, -0.15) is 0 Å². The number of halogens is 2. The number of nitrogens with two attached hydrogens (primary N) is 1. The molecule has 2 atom stereocenters. The summed E-state index contributed by atoms with van der Waals surface area (Å²) in [6, 6.07) is 7.74. The van der Waals surface area contributed by atoms with Crippen molar-refractivity contribution in [1.29, 1.82) is 0 Å². The molecule has 5 heteroatoms. The second-order valence-electron chi connectivity index (χ2n) is 4.71. The van der Waals surface area contributed by atoms with E-state index in [1.807, 2.05) is 30.5 Å². The predicted octanol–water partition coefficient (Wildman–Crippen LogP) is 5.33. The first-order chi connectivity index (χ1) is 9.51. The minimum absolute atomic E-state index is 0.0721. The quantitative estimate of drug-likeness (QED) is 0.767.